The van der Waals surface area contributed by atoms with Crippen molar-refractivity contribution in [1.82, 2.24) is 9.97 Å². The van der Waals surface area contributed by atoms with Gasteiger partial charge < -0.3 is 15.2 Å². The van der Waals surface area contributed by atoms with Crippen molar-refractivity contribution in [2.45, 2.75) is 26.7 Å². The molecule has 4 aromatic rings. The third-order valence-electron chi connectivity index (χ3n) is 4.83. The molecule has 0 saturated carbocycles. The third kappa shape index (κ3) is 7.29. The molecule has 0 saturated heterocycles. The number of anilines is 1. The van der Waals surface area contributed by atoms with Gasteiger partial charge in [0.15, 0.2) is 5.82 Å². The van der Waals surface area contributed by atoms with Gasteiger partial charge in [0.25, 0.3) is 0 Å². The molecule has 1 aromatic heterocycles. The number of hydrogen-bond donors (Lipinski definition) is 2. The normalized spacial score (nSPS) is 10.2. The fourth-order valence-electron chi connectivity index (χ4n) is 3.17. The van der Waals surface area contributed by atoms with E-state index in [-0.39, 0.29) is 18.1 Å². The van der Waals surface area contributed by atoms with E-state index in [2.05, 4.69) is 24.1 Å². The molecule has 1 amide bonds. The highest BCUT2D eigenvalue weighted by molar-refractivity contribution is 6.30. The Kier molecular flexibility index (Phi) is 9.21. The molecule has 0 aliphatic carbocycles. The predicted octanol–water partition coefficient (Wildman–Crippen LogP) is 6.78. The van der Waals surface area contributed by atoms with Crippen molar-refractivity contribution < 1.29 is 14.6 Å². The SMILES string of the molecule is CCC.COc1ccc(-c2cnc(NC(=O)Cc3ccc(Cl)cc3)c(-c3ccc(O)cc3)n2)cc1. The fourth-order valence-corrected chi connectivity index (χ4v) is 3.29. The Bertz CT molecular complexity index is 1240. The molecule has 35 heavy (non-hydrogen) atoms. The fraction of sp³-hybridized carbons (Fsp3) is 0.179. The number of benzene rings is 3. The van der Waals surface area contributed by atoms with E-state index in [1.54, 1.807) is 61.8 Å². The summed E-state index contributed by atoms with van der Waals surface area (Å²) >= 11 is 5.92. The lowest BCUT2D eigenvalue weighted by molar-refractivity contribution is -0.115. The Labute approximate surface area is 210 Å². The van der Waals surface area contributed by atoms with Crippen LogP contribution in [0.4, 0.5) is 5.82 Å². The van der Waals surface area contributed by atoms with Crippen LogP contribution in [-0.4, -0.2) is 28.1 Å². The van der Waals surface area contributed by atoms with Crippen LogP contribution < -0.4 is 10.1 Å². The smallest absolute Gasteiger partial charge is 0.230 e. The van der Waals surface area contributed by atoms with Crippen LogP contribution in [0.2, 0.25) is 5.02 Å². The topological polar surface area (TPSA) is 84.3 Å². The van der Waals surface area contributed by atoms with Crippen LogP contribution in [0.3, 0.4) is 0 Å². The van der Waals surface area contributed by atoms with Crippen LogP contribution in [0.1, 0.15) is 25.8 Å². The molecular weight excluding hydrogens is 462 g/mol. The number of halogens is 1. The highest BCUT2D eigenvalue weighted by Crippen LogP contribution is 2.29. The minimum atomic E-state index is -0.223. The van der Waals surface area contributed by atoms with Crippen LogP contribution in [0.5, 0.6) is 11.5 Å². The highest BCUT2D eigenvalue weighted by Gasteiger charge is 2.15. The summed E-state index contributed by atoms with van der Waals surface area (Å²) < 4.78 is 5.21. The van der Waals surface area contributed by atoms with Gasteiger partial charge in [0.05, 0.1) is 25.4 Å². The molecule has 6 nitrogen and oxygen atoms in total. The predicted molar refractivity (Wildman–Crippen MR) is 141 cm³/mol. The molecule has 3 aromatic carbocycles. The zero-order valence-corrected chi connectivity index (χ0v) is 20.7. The number of aromatic hydroxyl groups is 1. The van der Waals surface area contributed by atoms with Gasteiger partial charge in [0.2, 0.25) is 5.91 Å². The maximum absolute atomic E-state index is 12.7. The number of phenolic OH excluding ortho intramolecular Hbond substituents is 1. The molecule has 0 unspecified atom stereocenters. The minimum absolute atomic E-state index is 0.140. The summed E-state index contributed by atoms with van der Waals surface area (Å²) in [6, 6.07) is 21.2. The zero-order valence-electron chi connectivity index (χ0n) is 20.0. The third-order valence-corrected chi connectivity index (χ3v) is 5.09. The van der Waals surface area contributed by atoms with Crippen molar-refractivity contribution in [2.24, 2.45) is 0 Å². The van der Waals surface area contributed by atoms with E-state index in [0.717, 1.165) is 16.9 Å². The number of aromatic nitrogens is 2. The van der Waals surface area contributed by atoms with Gasteiger partial charge in [0, 0.05) is 16.1 Å². The molecule has 0 bridgehead atoms. The van der Waals surface area contributed by atoms with Crippen LogP contribution in [0.25, 0.3) is 22.5 Å². The Morgan fingerprint density at radius 2 is 1.54 bits per heavy atom. The number of ether oxygens (including phenoxy) is 1. The Morgan fingerprint density at radius 3 is 2.14 bits per heavy atom. The Morgan fingerprint density at radius 1 is 0.943 bits per heavy atom. The first-order valence-corrected chi connectivity index (χ1v) is 11.7. The number of phenols is 1. The molecule has 0 spiro atoms. The lowest BCUT2D eigenvalue weighted by Gasteiger charge is -2.12. The van der Waals surface area contributed by atoms with Gasteiger partial charge in [-0.2, -0.15) is 0 Å². The summed E-state index contributed by atoms with van der Waals surface area (Å²) in [5, 5.41) is 13.1. The van der Waals surface area contributed by atoms with Crippen molar-refractivity contribution in [1.29, 1.82) is 0 Å². The average molecular weight is 490 g/mol. The summed E-state index contributed by atoms with van der Waals surface area (Å²) in [4.78, 5) is 21.9. The second kappa shape index (κ2) is 12.5. The highest BCUT2D eigenvalue weighted by atomic mass is 35.5. The van der Waals surface area contributed by atoms with Crippen molar-refractivity contribution in [3.63, 3.8) is 0 Å². The monoisotopic (exact) mass is 489 g/mol. The number of amides is 1. The van der Waals surface area contributed by atoms with E-state index >= 15 is 0 Å². The molecule has 180 valence electrons. The van der Waals surface area contributed by atoms with Crippen LogP contribution in [0.15, 0.2) is 79.0 Å². The van der Waals surface area contributed by atoms with Crippen LogP contribution >= 0.6 is 11.6 Å². The second-order valence-corrected chi connectivity index (χ2v) is 8.22. The lowest BCUT2D eigenvalue weighted by Crippen LogP contribution is -2.16. The van der Waals surface area contributed by atoms with Gasteiger partial charge in [0.1, 0.15) is 17.2 Å². The maximum Gasteiger partial charge on any atom is 0.230 e. The number of rotatable bonds is 6. The number of hydrogen-bond acceptors (Lipinski definition) is 5. The quantitative estimate of drug-likeness (QED) is 0.312. The lowest BCUT2D eigenvalue weighted by atomic mass is 10.1. The van der Waals surface area contributed by atoms with E-state index in [9.17, 15) is 9.90 Å². The van der Waals surface area contributed by atoms with Gasteiger partial charge in [-0.05, 0) is 66.2 Å². The van der Waals surface area contributed by atoms with Crippen LogP contribution in [0, 0.1) is 0 Å². The molecule has 7 heteroatoms. The zero-order chi connectivity index (χ0) is 25.2. The Hall–Kier alpha value is -3.90. The van der Waals surface area contributed by atoms with Crippen LogP contribution in [-0.2, 0) is 11.2 Å². The molecule has 0 aliphatic heterocycles. The average Bonchev–Trinajstić information content (AvgIpc) is 2.87. The van der Waals surface area contributed by atoms with E-state index in [1.807, 2.05) is 24.3 Å². The van der Waals surface area contributed by atoms with Gasteiger partial charge in [-0.3, -0.25) is 4.79 Å². The molecule has 0 fully saturated rings. The summed E-state index contributed by atoms with van der Waals surface area (Å²) in [7, 11) is 1.61. The summed E-state index contributed by atoms with van der Waals surface area (Å²) in [5.41, 5.74) is 3.56. The molecule has 2 N–H and O–H groups in total. The number of nitrogens with zero attached hydrogens (tertiary/aromatic N) is 2. The Balaban J connectivity index is 0.00000108. The van der Waals surface area contributed by atoms with E-state index in [0.29, 0.717) is 27.8 Å². The molecule has 4 rings (SSSR count). The molecular formula is C28H28ClN3O3. The number of methoxy groups -OCH3 is 1. The number of carbonyl (C=O) groups excluding carboxylic acids is 1. The summed E-state index contributed by atoms with van der Waals surface area (Å²) in [6.45, 7) is 4.25. The molecule has 0 aliphatic rings. The van der Waals surface area contributed by atoms with Crippen molar-refractivity contribution in [3.8, 4) is 34.0 Å². The van der Waals surface area contributed by atoms with Gasteiger partial charge in [-0.15, -0.1) is 0 Å². The number of carbonyl (C=O) groups is 1. The van der Waals surface area contributed by atoms with Gasteiger partial charge in [-0.25, -0.2) is 9.97 Å². The van der Waals surface area contributed by atoms with E-state index in [1.165, 1.54) is 6.42 Å². The maximum atomic E-state index is 12.7. The van der Waals surface area contributed by atoms with E-state index in [4.69, 9.17) is 21.3 Å². The minimum Gasteiger partial charge on any atom is -0.508 e. The molecule has 0 atom stereocenters. The van der Waals surface area contributed by atoms with Crippen molar-refractivity contribution in [2.75, 3.05) is 12.4 Å². The summed E-state index contributed by atoms with van der Waals surface area (Å²) in [5.74, 6) is 0.999. The molecule has 1 heterocycles. The largest absolute Gasteiger partial charge is 0.508 e. The first-order chi connectivity index (χ1) is 16.9. The molecule has 0 radical (unpaired) electrons. The van der Waals surface area contributed by atoms with Gasteiger partial charge in [-0.1, -0.05) is 44.0 Å². The number of nitrogens with one attached hydrogen (secondary N) is 1. The van der Waals surface area contributed by atoms with Gasteiger partial charge >= 0.3 is 0 Å². The van der Waals surface area contributed by atoms with Crippen molar-refractivity contribution in [3.05, 3.63) is 89.6 Å². The van der Waals surface area contributed by atoms with E-state index < -0.39 is 0 Å². The second-order valence-electron chi connectivity index (χ2n) is 7.79. The first kappa shape index (κ1) is 25.7. The standard InChI is InChI=1S/C25H20ClN3O3.C3H8/c1-32-21-12-6-17(7-13-21)22-15-27-25(24(28-22)18-4-10-20(30)11-5-18)29-23(31)14-16-2-8-19(26)9-3-16;1-3-2/h2-13,15,30H,14H2,1H3,(H,27,29,31);3H2,1-2H3. The van der Waals surface area contributed by atoms with Crippen molar-refractivity contribution >= 4 is 23.3 Å². The first-order valence-electron chi connectivity index (χ1n) is 11.3. The summed E-state index contributed by atoms with van der Waals surface area (Å²) in [6.07, 6.45) is 3.04.